The van der Waals surface area contributed by atoms with Crippen molar-refractivity contribution in [3.05, 3.63) is 35.1 Å². The van der Waals surface area contributed by atoms with E-state index >= 15 is 0 Å². The zero-order valence-corrected chi connectivity index (χ0v) is 11.8. The van der Waals surface area contributed by atoms with Crippen LogP contribution in [0, 0.1) is 12.7 Å². The van der Waals surface area contributed by atoms with Gasteiger partial charge >= 0.3 is 5.97 Å². The monoisotopic (exact) mass is 295 g/mol. The van der Waals surface area contributed by atoms with E-state index in [1.54, 1.807) is 6.92 Å². The molecule has 1 aromatic carbocycles. The van der Waals surface area contributed by atoms with Crippen molar-refractivity contribution in [2.75, 3.05) is 19.8 Å². The summed E-state index contributed by atoms with van der Waals surface area (Å²) in [6.45, 7) is 2.23. The summed E-state index contributed by atoms with van der Waals surface area (Å²) in [5.74, 6) is -1.83. The molecule has 21 heavy (non-hydrogen) atoms. The molecule has 1 saturated heterocycles. The Morgan fingerprint density at radius 1 is 1.38 bits per heavy atom. The molecule has 0 aromatic heterocycles. The fourth-order valence-corrected chi connectivity index (χ4v) is 2.45. The van der Waals surface area contributed by atoms with Crippen LogP contribution in [0.25, 0.3) is 0 Å². The lowest BCUT2D eigenvalue weighted by Gasteiger charge is -2.33. The normalized spacial score (nSPS) is 15.7. The van der Waals surface area contributed by atoms with Gasteiger partial charge in [0.05, 0.1) is 0 Å². The second-order valence-corrected chi connectivity index (χ2v) is 5.13. The Kier molecular flexibility index (Phi) is 4.90. The number of benzene rings is 1. The Morgan fingerprint density at radius 3 is 2.62 bits per heavy atom. The van der Waals surface area contributed by atoms with Gasteiger partial charge in [0, 0.05) is 24.8 Å². The molecule has 1 N–H and O–H groups in total. The van der Waals surface area contributed by atoms with E-state index in [9.17, 15) is 14.0 Å². The SMILES string of the molecule is Cc1cc(C(=O)N(CC(=O)O)C2CCOCC2)ccc1F. The largest absolute Gasteiger partial charge is 0.480 e. The van der Waals surface area contributed by atoms with Gasteiger partial charge in [-0.05, 0) is 43.5 Å². The van der Waals surface area contributed by atoms with Gasteiger partial charge in [-0.15, -0.1) is 0 Å². The maximum atomic E-state index is 13.3. The number of carbonyl (C=O) groups is 2. The Hall–Kier alpha value is -1.95. The number of aliphatic carboxylic acids is 1. The molecular formula is C15H18FNO4. The predicted molar refractivity (Wildman–Crippen MR) is 73.7 cm³/mol. The van der Waals surface area contributed by atoms with Gasteiger partial charge in [0.1, 0.15) is 12.4 Å². The molecule has 1 aliphatic heterocycles. The maximum absolute atomic E-state index is 13.3. The van der Waals surface area contributed by atoms with Gasteiger partial charge in [0.2, 0.25) is 0 Å². The molecule has 1 aromatic rings. The highest BCUT2D eigenvalue weighted by molar-refractivity contribution is 5.96. The number of rotatable bonds is 4. The molecule has 1 aliphatic rings. The molecule has 5 nitrogen and oxygen atoms in total. The molecule has 0 radical (unpaired) electrons. The fraction of sp³-hybridized carbons (Fsp3) is 0.467. The summed E-state index contributed by atoms with van der Waals surface area (Å²) in [6.07, 6.45) is 1.22. The van der Waals surface area contributed by atoms with Crippen molar-refractivity contribution in [1.82, 2.24) is 4.90 Å². The topological polar surface area (TPSA) is 66.8 Å². The van der Waals surface area contributed by atoms with Crippen LogP contribution in [-0.2, 0) is 9.53 Å². The zero-order valence-electron chi connectivity index (χ0n) is 11.8. The van der Waals surface area contributed by atoms with E-state index in [0.29, 0.717) is 37.2 Å². The van der Waals surface area contributed by atoms with Crippen LogP contribution >= 0.6 is 0 Å². The van der Waals surface area contributed by atoms with Crippen molar-refractivity contribution < 1.29 is 23.8 Å². The first-order valence-corrected chi connectivity index (χ1v) is 6.85. The van der Waals surface area contributed by atoms with Crippen LogP contribution in [0.1, 0.15) is 28.8 Å². The fourth-order valence-electron chi connectivity index (χ4n) is 2.45. The smallest absolute Gasteiger partial charge is 0.323 e. The van der Waals surface area contributed by atoms with Gasteiger partial charge in [0.25, 0.3) is 5.91 Å². The third-order valence-electron chi connectivity index (χ3n) is 3.60. The van der Waals surface area contributed by atoms with E-state index in [1.807, 2.05) is 0 Å². The van der Waals surface area contributed by atoms with Crippen LogP contribution in [0.4, 0.5) is 4.39 Å². The molecule has 0 saturated carbocycles. The Balaban J connectivity index is 2.23. The zero-order chi connectivity index (χ0) is 15.4. The maximum Gasteiger partial charge on any atom is 0.323 e. The summed E-state index contributed by atoms with van der Waals surface area (Å²) >= 11 is 0. The van der Waals surface area contributed by atoms with Crippen molar-refractivity contribution in [3.8, 4) is 0 Å². The van der Waals surface area contributed by atoms with Crippen LogP contribution in [-0.4, -0.2) is 47.7 Å². The van der Waals surface area contributed by atoms with E-state index in [2.05, 4.69) is 0 Å². The number of halogens is 1. The minimum atomic E-state index is -1.06. The van der Waals surface area contributed by atoms with Crippen molar-refractivity contribution >= 4 is 11.9 Å². The van der Waals surface area contributed by atoms with Crippen molar-refractivity contribution in [3.63, 3.8) is 0 Å². The predicted octanol–water partition coefficient (Wildman–Crippen LogP) is 1.84. The Labute approximate surface area is 122 Å². The van der Waals surface area contributed by atoms with Crippen LogP contribution < -0.4 is 0 Å². The van der Waals surface area contributed by atoms with E-state index < -0.39 is 5.97 Å². The van der Waals surface area contributed by atoms with Gasteiger partial charge in [0.15, 0.2) is 0 Å². The number of nitrogens with zero attached hydrogens (tertiary/aromatic N) is 1. The standard InChI is InChI=1S/C15H18FNO4/c1-10-8-11(2-3-13(10)16)15(20)17(9-14(18)19)12-4-6-21-7-5-12/h2-3,8,12H,4-7,9H2,1H3,(H,18,19). The third kappa shape index (κ3) is 3.78. The third-order valence-corrected chi connectivity index (χ3v) is 3.60. The molecule has 1 heterocycles. The number of hydrogen-bond donors (Lipinski definition) is 1. The first-order valence-electron chi connectivity index (χ1n) is 6.85. The van der Waals surface area contributed by atoms with E-state index in [0.717, 1.165) is 0 Å². The highest BCUT2D eigenvalue weighted by Crippen LogP contribution is 2.19. The molecule has 0 aliphatic carbocycles. The molecule has 2 rings (SSSR count). The molecule has 0 bridgehead atoms. The summed E-state index contributed by atoms with van der Waals surface area (Å²) in [5, 5.41) is 9.02. The minimum absolute atomic E-state index is 0.160. The summed E-state index contributed by atoms with van der Waals surface area (Å²) in [6, 6.07) is 3.91. The molecule has 0 spiro atoms. The number of amides is 1. The molecule has 114 valence electrons. The lowest BCUT2D eigenvalue weighted by Crippen LogP contribution is -2.46. The number of carboxylic acid groups (broad SMARTS) is 1. The molecular weight excluding hydrogens is 277 g/mol. The van der Waals surface area contributed by atoms with Gasteiger partial charge in [-0.2, -0.15) is 0 Å². The highest BCUT2D eigenvalue weighted by atomic mass is 19.1. The van der Waals surface area contributed by atoms with Gasteiger partial charge in [-0.3, -0.25) is 9.59 Å². The van der Waals surface area contributed by atoms with E-state index in [4.69, 9.17) is 9.84 Å². The second-order valence-electron chi connectivity index (χ2n) is 5.13. The number of carboxylic acids is 1. The number of ether oxygens (including phenoxy) is 1. The number of hydrogen-bond acceptors (Lipinski definition) is 3. The summed E-state index contributed by atoms with van der Waals surface area (Å²) < 4.78 is 18.5. The molecule has 1 amide bonds. The van der Waals surface area contributed by atoms with Crippen LogP contribution in [0.5, 0.6) is 0 Å². The van der Waals surface area contributed by atoms with Gasteiger partial charge in [-0.1, -0.05) is 0 Å². The summed E-state index contributed by atoms with van der Waals surface area (Å²) in [7, 11) is 0. The Bertz CT molecular complexity index is 540. The van der Waals surface area contributed by atoms with E-state index in [-0.39, 0.29) is 24.3 Å². The van der Waals surface area contributed by atoms with E-state index in [1.165, 1.54) is 23.1 Å². The van der Waals surface area contributed by atoms with Crippen LogP contribution in [0.3, 0.4) is 0 Å². The average Bonchev–Trinajstić information content (AvgIpc) is 2.47. The molecule has 0 unspecified atom stereocenters. The molecule has 6 heteroatoms. The van der Waals surface area contributed by atoms with Gasteiger partial charge in [-0.25, -0.2) is 4.39 Å². The Morgan fingerprint density at radius 2 is 2.05 bits per heavy atom. The molecule has 0 atom stereocenters. The van der Waals surface area contributed by atoms with Crippen molar-refractivity contribution in [2.24, 2.45) is 0 Å². The second kappa shape index (κ2) is 6.67. The van der Waals surface area contributed by atoms with Gasteiger partial charge < -0.3 is 14.7 Å². The highest BCUT2D eigenvalue weighted by Gasteiger charge is 2.28. The lowest BCUT2D eigenvalue weighted by molar-refractivity contribution is -0.138. The summed E-state index contributed by atoms with van der Waals surface area (Å²) in [4.78, 5) is 24.9. The van der Waals surface area contributed by atoms with Crippen molar-refractivity contribution in [1.29, 1.82) is 0 Å². The molecule has 1 fully saturated rings. The lowest BCUT2D eigenvalue weighted by atomic mass is 10.0. The van der Waals surface area contributed by atoms with Crippen molar-refractivity contribution in [2.45, 2.75) is 25.8 Å². The van der Waals surface area contributed by atoms with Crippen LogP contribution in [0.15, 0.2) is 18.2 Å². The minimum Gasteiger partial charge on any atom is -0.480 e. The number of aryl methyl sites for hydroxylation is 1. The first kappa shape index (κ1) is 15.4. The quantitative estimate of drug-likeness (QED) is 0.920. The average molecular weight is 295 g/mol. The summed E-state index contributed by atoms with van der Waals surface area (Å²) in [5.41, 5.74) is 0.671. The first-order chi connectivity index (χ1) is 9.99. The number of carbonyl (C=O) groups excluding carboxylic acids is 1. The van der Waals surface area contributed by atoms with Crippen LogP contribution in [0.2, 0.25) is 0 Å².